The lowest BCUT2D eigenvalue weighted by Gasteiger charge is -2.32. The molecule has 0 atom stereocenters. The van der Waals surface area contributed by atoms with Crippen LogP contribution in [0.3, 0.4) is 0 Å². The summed E-state index contributed by atoms with van der Waals surface area (Å²) in [6.07, 6.45) is 2.19. The van der Waals surface area contributed by atoms with Crippen LogP contribution in [0, 0.1) is 0 Å². The zero-order valence-corrected chi connectivity index (χ0v) is 17.3. The molecular formula is C24H25NO2Si. The Labute approximate surface area is 167 Å². The van der Waals surface area contributed by atoms with E-state index in [1.54, 1.807) is 6.08 Å². The van der Waals surface area contributed by atoms with E-state index < -0.39 is 8.32 Å². The Morgan fingerprint density at radius 2 is 1.21 bits per heavy atom. The van der Waals surface area contributed by atoms with E-state index in [0.717, 1.165) is 15.6 Å². The Bertz CT molecular complexity index is 828. The molecule has 0 aromatic heterocycles. The lowest BCUT2D eigenvalue weighted by atomic mass is 10.2. The van der Waals surface area contributed by atoms with Crippen molar-refractivity contribution in [3.05, 3.63) is 103 Å². The first-order chi connectivity index (χ1) is 13.7. The van der Waals surface area contributed by atoms with Gasteiger partial charge in [0.1, 0.15) is 0 Å². The van der Waals surface area contributed by atoms with E-state index >= 15 is 0 Å². The molecule has 0 bridgehead atoms. The van der Waals surface area contributed by atoms with Crippen LogP contribution in [0.5, 0.6) is 0 Å². The van der Waals surface area contributed by atoms with Gasteiger partial charge in [-0.1, -0.05) is 104 Å². The molecule has 0 fully saturated rings. The molecule has 28 heavy (non-hydrogen) atoms. The fraction of sp³-hybridized carbons (Fsp3) is 0.125. The topological polar surface area (TPSA) is 38.3 Å². The first-order valence-corrected chi connectivity index (χ1v) is 11.4. The van der Waals surface area contributed by atoms with Crippen molar-refractivity contribution in [2.45, 2.75) is 20.3 Å². The molecule has 3 rings (SSSR count). The average molecular weight is 388 g/mol. The number of rotatable bonds is 8. The van der Waals surface area contributed by atoms with Crippen molar-refractivity contribution >= 4 is 29.7 Å². The summed E-state index contributed by atoms with van der Waals surface area (Å²) in [5, 5.41) is 3.33. The Morgan fingerprint density at radius 1 is 0.821 bits per heavy atom. The highest BCUT2D eigenvalue weighted by atomic mass is 28.4. The van der Waals surface area contributed by atoms with Crippen molar-refractivity contribution in [3.63, 3.8) is 0 Å². The summed E-state index contributed by atoms with van der Waals surface area (Å²) >= 11 is 0. The molecule has 0 saturated carbocycles. The first-order valence-electron chi connectivity index (χ1n) is 9.52. The monoisotopic (exact) mass is 387 g/mol. The molecule has 0 aliphatic rings. The fourth-order valence-corrected chi connectivity index (χ4v) is 6.90. The fourth-order valence-electron chi connectivity index (χ4n) is 3.29. The molecule has 0 spiro atoms. The molecule has 0 saturated heterocycles. The minimum Gasteiger partial charge on any atom is -0.305 e. The summed E-state index contributed by atoms with van der Waals surface area (Å²) in [5.41, 5.74) is 3.52. The summed E-state index contributed by atoms with van der Waals surface area (Å²) in [7, 11) is -2.87. The van der Waals surface area contributed by atoms with Crippen LogP contribution in [0.2, 0.25) is 0 Å². The number of hydrogen-bond acceptors (Lipinski definition) is 3. The van der Waals surface area contributed by atoms with E-state index in [9.17, 15) is 4.79 Å². The quantitative estimate of drug-likeness (QED) is 0.279. The number of hydrogen-bond donors (Lipinski definition) is 1. The Kier molecular flexibility index (Phi) is 6.58. The summed E-state index contributed by atoms with van der Waals surface area (Å²) in [6, 6.07) is 30.8. The molecule has 0 aliphatic carbocycles. The molecule has 142 valence electrons. The van der Waals surface area contributed by atoms with E-state index in [1.807, 2.05) is 68.4 Å². The molecule has 3 aromatic rings. The molecule has 4 heteroatoms. The number of allylic oxidation sites excluding steroid dienone is 2. The molecule has 1 N–H and O–H groups in total. The van der Waals surface area contributed by atoms with Crippen LogP contribution in [0.15, 0.2) is 103 Å². The van der Waals surface area contributed by atoms with Gasteiger partial charge in [-0.05, 0) is 22.5 Å². The van der Waals surface area contributed by atoms with Crippen molar-refractivity contribution in [1.29, 1.82) is 0 Å². The summed E-state index contributed by atoms with van der Waals surface area (Å²) in [4.78, 5) is 12.3. The zero-order valence-electron chi connectivity index (χ0n) is 16.3. The maximum Gasteiger partial charge on any atom is 0.321 e. The van der Waals surface area contributed by atoms with Gasteiger partial charge in [0.05, 0.1) is 5.70 Å². The highest BCUT2D eigenvalue weighted by molar-refractivity contribution is 7.07. The van der Waals surface area contributed by atoms with Gasteiger partial charge in [-0.15, -0.1) is 0 Å². The van der Waals surface area contributed by atoms with Gasteiger partial charge >= 0.3 is 8.32 Å². The number of benzene rings is 3. The van der Waals surface area contributed by atoms with Gasteiger partial charge in [0.25, 0.3) is 0 Å². The van der Waals surface area contributed by atoms with Crippen LogP contribution in [0.25, 0.3) is 0 Å². The minimum atomic E-state index is -2.87. The SMILES string of the molecule is CC=C(NO[Si](c1ccccc1)(c1ccccc1)c1ccccc1)C(=O)CC. The largest absolute Gasteiger partial charge is 0.321 e. The molecular weight excluding hydrogens is 362 g/mol. The number of ketones is 1. The summed E-state index contributed by atoms with van der Waals surface area (Å²) in [6.45, 7) is 3.69. The van der Waals surface area contributed by atoms with E-state index in [-0.39, 0.29) is 5.78 Å². The van der Waals surface area contributed by atoms with Crippen LogP contribution < -0.4 is 21.0 Å². The van der Waals surface area contributed by atoms with Gasteiger partial charge in [0.15, 0.2) is 5.78 Å². The van der Waals surface area contributed by atoms with Crippen molar-refractivity contribution in [1.82, 2.24) is 5.48 Å². The predicted molar refractivity (Wildman–Crippen MR) is 117 cm³/mol. The van der Waals surface area contributed by atoms with Crippen molar-refractivity contribution < 1.29 is 9.32 Å². The number of carbonyl (C=O) groups is 1. The number of hydroxylamine groups is 1. The van der Waals surface area contributed by atoms with Crippen LogP contribution in [-0.2, 0) is 9.32 Å². The van der Waals surface area contributed by atoms with E-state index in [4.69, 9.17) is 4.53 Å². The molecule has 0 radical (unpaired) electrons. The molecule has 0 aliphatic heterocycles. The van der Waals surface area contributed by atoms with Gasteiger partial charge in [-0.2, -0.15) is 0 Å². The number of carbonyl (C=O) groups excluding carboxylic acids is 1. The normalized spacial score (nSPS) is 11.9. The lowest BCUT2D eigenvalue weighted by Crippen LogP contribution is -2.71. The summed E-state index contributed by atoms with van der Waals surface area (Å²) < 4.78 is 6.56. The van der Waals surface area contributed by atoms with E-state index in [1.165, 1.54) is 0 Å². The first kappa shape index (κ1) is 19.8. The smallest absolute Gasteiger partial charge is 0.305 e. The molecule has 0 amide bonds. The molecule has 0 unspecified atom stereocenters. The Morgan fingerprint density at radius 3 is 1.54 bits per heavy atom. The maximum absolute atomic E-state index is 12.3. The van der Waals surface area contributed by atoms with Gasteiger partial charge in [-0.3, -0.25) is 10.3 Å². The zero-order chi connectivity index (χ0) is 19.8. The van der Waals surface area contributed by atoms with Gasteiger partial charge in [-0.25, -0.2) is 0 Å². The molecule has 3 nitrogen and oxygen atoms in total. The van der Waals surface area contributed by atoms with Crippen molar-refractivity contribution in [2.24, 2.45) is 0 Å². The maximum atomic E-state index is 12.3. The van der Waals surface area contributed by atoms with Crippen LogP contribution in [0.4, 0.5) is 0 Å². The van der Waals surface area contributed by atoms with Crippen LogP contribution >= 0.6 is 0 Å². The standard InChI is InChI=1S/C24H25NO2Si/c1-3-23(24(26)4-2)25-27-28(20-14-8-5-9-15-20,21-16-10-6-11-17-21)22-18-12-7-13-19-22/h3,5-19,25H,4H2,1-2H3. The third-order valence-corrected chi connectivity index (χ3v) is 8.61. The lowest BCUT2D eigenvalue weighted by molar-refractivity contribution is -0.116. The molecule has 3 aromatic carbocycles. The van der Waals surface area contributed by atoms with Crippen LogP contribution in [0.1, 0.15) is 20.3 Å². The second-order valence-corrected chi connectivity index (χ2v) is 9.76. The minimum absolute atomic E-state index is 0.0274. The van der Waals surface area contributed by atoms with Gasteiger partial charge in [0, 0.05) is 6.42 Å². The highest BCUT2D eigenvalue weighted by Crippen LogP contribution is 2.10. The number of Topliss-reactive ketones (excluding diaryl/α,β-unsaturated/α-hetero) is 1. The van der Waals surface area contributed by atoms with Crippen molar-refractivity contribution in [2.75, 3.05) is 0 Å². The average Bonchev–Trinajstić information content (AvgIpc) is 2.78. The summed E-state index contributed by atoms with van der Waals surface area (Å²) in [5.74, 6) is 0.0274. The van der Waals surface area contributed by atoms with E-state index in [0.29, 0.717) is 12.1 Å². The second kappa shape index (κ2) is 9.31. The van der Waals surface area contributed by atoms with Gasteiger partial charge in [0.2, 0.25) is 0 Å². The van der Waals surface area contributed by atoms with Gasteiger partial charge < -0.3 is 4.53 Å². The second-order valence-electron chi connectivity index (χ2n) is 6.46. The third kappa shape index (κ3) is 3.98. The predicted octanol–water partition coefficient (Wildman–Crippen LogP) is 3.06. The number of nitrogens with one attached hydrogen (secondary N) is 1. The molecule has 0 heterocycles. The third-order valence-electron chi connectivity index (χ3n) is 4.77. The Balaban J connectivity index is 2.18. The highest BCUT2D eigenvalue weighted by Gasteiger charge is 2.43. The van der Waals surface area contributed by atoms with E-state index in [2.05, 4.69) is 41.9 Å². The Hall–Kier alpha value is -2.95. The van der Waals surface area contributed by atoms with Crippen LogP contribution in [-0.4, -0.2) is 14.1 Å². The van der Waals surface area contributed by atoms with Crippen molar-refractivity contribution in [3.8, 4) is 0 Å².